The van der Waals surface area contributed by atoms with Gasteiger partial charge >= 0.3 is 0 Å². The lowest BCUT2D eigenvalue weighted by atomic mass is 10.0. The maximum absolute atomic E-state index is 8.89. The van der Waals surface area contributed by atoms with Crippen molar-refractivity contribution >= 4 is 5.82 Å². The average molecular weight is 231 g/mol. The second-order valence-electron chi connectivity index (χ2n) is 4.24. The van der Waals surface area contributed by atoms with E-state index in [-0.39, 0.29) is 0 Å². The van der Waals surface area contributed by atoms with Crippen molar-refractivity contribution in [3.63, 3.8) is 0 Å². The van der Waals surface area contributed by atoms with Crippen LogP contribution >= 0.6 is 0 Å². The van der Waals surface area contributed by atoms with E-state index in [1.165, 1.54) is 12.8 Å². The number of hydrogen-bond donors (Lipinski definition) is 0. The zero-order valence-electron chi connectivity index (χ0n) is 11.0. The van der Waals surface area contributed by atoms with Gasteiger partial charge in [0.15, 0.2) is 0 Å². The fraction of sp³-hybridized carbons (Fsp3) is 0.571. The Morgan fingerprint density at radius 3 is 2.59 bits per heavy atom. The van der Waals surface area contributed by atoms with Crippen LogP contribution in [-0.4, -0.2) is 18.1 Å². The van der Waals surface area contributed by atoms with E-state index in [9.17, 15) is 0 Å². The summed E-state index contributed by atoms with van der Waals surface area (Å²) in [7, 11) is 0. The van der Waals surface area contributed by atoms with E-state index >= 15 is 0 Å². The van der Waals surface area contributed by atoms with Gasteiger partial charge in [-0.1, -0.05) is 26.7 Å². The first-order valence-corrected chi connectivity index (χ1v) is 6.36. The van der Waals surface area contributed by atoms with Gasteiger partial charge in [-0.3, -0.25) is 0 Å². The third kappa shape index (κ3) is 3.74. The average Bonchev–Trinajstić information content (AvgIpc) is 2.40. The minimum Gasteiger partial charge on any atom is -0.357 e. The molecule has 0 bridgehead atoms. The minimum atomic E-state index is 0.679. The van der Waals surface area contributed by atoms with E-state index in [1.54, 1.807) is 12.3 Å². The maximum atomic E-state index is 8.89. The van der Waals surface area contributed by atoms with Crippen LogP contribution in [0.4, 0.5) is 5.82 Å². The summed E-state index contributed by atoms with van der Waals surface area (Å²) in [5.74, 6) is 1.61. The lowest BCUT2D eigenvalue weighted by Gasteiger charge is -2.26. The van der Waals surface area contributed by atoms with Crippen LogP contribution in [-0.2, 0) is 0 Å². The Bertz CT molecular complexity index is 377. The molecule has 0 aromatic carbocycles. The highest BCUT2D eigenvalue weighted by Crippen LogP contribution is 2.17. The van der Waals surface area contributed by atoms with Crippen LogP contribution in [0.15, 0.2) is 18.3 Å². The standard InChI is InChI=1S/C14H21N3/c1-4-12(5-2)11-17(6-3)14-9-13(10-15)7-8-16-14/h7-9,12H,4-6,11H2,1-3H3. The minimum absolute atomic E-state index is 0.679. The zero-order chi connectivity index (χ0) is 12.7. The maximum Gasteiger partial charge on any atom is 0.129 e. The zero-order valence-corrected chi connectivity index (χ0v) is 11.0. The molecule has 17 heavy (non-hydrogen) atoms. The first-order chi connectivity index (χ1) is 8.24. The summed E-state index contributed by atoms with van der Waals surface area (Å²) in [6.45, 7) is 8.52. The van der Waals surface area contributed by atoms with E-state index in [4.69, 9.17) is 5.26 Å². The number of pyridine rings is 1. The van der Waals surface area contributed by atoms with Gasteiger partial charge in [0, 0.05) is 19.3 Å². The van der Waals surface area contributed by atoms with Crippen molar-refractivity contribution in [1.29, 1.82) is 5.26 Å². The van der Waals surface area contributed by atoms with Crippen molar-refractivity contribution in [2.45, 2.75) is 33.6 Å². The van der Waals surface area contributed by atoms with Gasteiger partial charge in [-0.25, -0.2) is 4.98 Å². The summed E-state index contributed by atoms with van der Waals surface area (Å²) in [6, 6.07) is 5.77. The monoisotopic (exact) mass is 231 g/mol. The number of nitriles is 1. The Kier molecular flexibility index (Phi) is 5.48. The van der Waals surface area contributed by atoms with E-state index < -0.39 is 0 Å². The normalized spacial score (nSPS) is 10.3. The highest BCUT2D eigenvalue weighted by atomic mass is 15.2. The van der Waals surface area contributed by atoms with Crippen molar-refractivity contribution in [1.82, 2.24) is 4.98 Å². The van der Waals surface area contributed by atoms with Crippen molar-refractivity contribution < 1.29 is 0 Å². The second kappa shape index (κ2) is 6.90. The van der Waals surface area contributed by atoms with E-state index in [0.717, 1.165) is 18.9 Å². The molecule has 0 radical (unpaired) electrons. The Morgan fingerprint density at radius 2 is 2.06 bits per heavy atom. The molecule has 0 amide bonds. The van der Waals surface area contributed by atoms with Crippen LogP contribution in [0.3, 0.4) is 0 Å². The Balaban J connectivity index is 2.82. The lowest BCUT2D eigenvalue weighted by molar-refractivity contribution is 0.484. The Labute approximate surface area is 104 Å². The topological polar surface area (TPSA) is 39.9 Å². The third-order valence-electron chi connectivity index (χ3n) is 3.21. The molecular weight excluding hydrogens is 210 g/mol. The summed E-state index contributed by atoms with van der Waals surface area (Å²) in [5, 5.41) is 8.89. The van der Waals surface area contributed by atoms with Crippen LogP contribution in [0.1, 0.15) is 39.2 Å². The van der Waals surface area contributed by atoms with Crippen LogP contribution < -0.4 is 4.90 Å². The van der Waals surface area contributed by atoms with Gasteiger partial charge in [0.2, 0.25) is 0 Å². The summed E-state index contributed by atoms with van der Waals surface area (Å²) in [6.07, 6.45) is 4.08. The summed E-state index contributed by atoms with van der Waals surface area (Å²) in [5.41, 5.74) is 0.679. The van der Waals surface area contributed by atoms with Gasteiger partial charge in [0.05, 0.1) is 11.6 Å². The summed E-state index contributed by atoms with van der Waals surface area (Å²) < 4.78 is 0. The number of rotatable bonds is 6. The van der Waals surface area contributed by atoms with E-state index in [2.05, 4.69) is 36.7 Å². The molecule has 0 saturated carbocycles. The molecule has 1 rings (SSSR count). The predicted octanol–water partition coefficient (Wildman–Crippen LogP) is 3.22. The van der Waals surface area contributed by atoms with Gasteiger partial charge in [-0.15, -0.1) is 0 Å². The molecule has 3 heteroatoms. The van der Waals surface area contributed by atoms with Crippen LogP contribution in [0, 0.1) is 17.2 Å². The smallest absolute Gasteiger partial charge is 0.129 e. The Morgan fingerprint density at radius 1 is 1.35 bits per heavy atom. The van der Waals surface area contributed by atoms with Gasteiger partial charge < -0.3 is 4.90 Å². The largest absolute Gasteiger partial charge is 0.357 e. The molecule has 0 fully saturated rings. The van der Waals surface area contributed by atoms with Gasteiger partial charge in [0.1, 0.15) is 5.82 Å². The quantitative estimate of drug-likeness (QED) is 0.754. The van der Waals surface area contributed by atoms with Gasteiger partial charge in [-0.05, 0) is 25.0 Å². The molecule has 1 aromatic rings. The first kappa shape index (κ1) is 13.5. The molecule has 1 heterocycles. The van der Waals surface area contributed by atoms with Crippen LogP contribution in [0.5, 0.6) is 0 Å². The van der Waals surface area contributed by atoms with Crippen LogP contribution in [0.25, 0.3) is 0 Å². The number of aromatic nitrogens is 1. The van der Waals surface area contributed by atoms with E-state index in [1.807, 2.05) is 6.07 Å². The van der Waals surface area contributed by atoms with Crippen molar-refractivity contribution in [2.75, 3.05) is 18.0 Å². The lowest BCUT2D eigenvalue weighted by Crippen LogP contribution is -2.29. The summed E-state index contributed by atoms with van der Waals surface area (Å²) >= 11 is 0. The molecule has 0 unspecified atom stereocenters. The highest BCUT2D eigenvalue weighted by Gasteiger charge is 2.11. The number of hydrogen-bond acceptors (Lipinski definition) is 3. The second-order valence-corrected chi connectivity index (χ2v) is 4.24. The molecule has 0 aliphatic rings. The summed E-state index contributed by atoms with van der Waals surface area (Å²) in [4.78, 5) is 6.60. The third-order valence-corrected chi connectivity index (χ3v) is 3.21. The molecule has 0 aliphatic carbocycles. The van der Waals surface area contributed by atoms with Crippen molar-refractivity contribution in [3.8, 4) is 6.07 Å². The van der Waals surface area contributed by atoms with Crippen molar-refractivity contribution in [2.24, 2.45) is 5.92 Å². The molecule has 1 aromatic heterocycles. The number of anilines is 1. The molecule has 0 N–H and O–H groups in total. The first-order valence-electron chi connectivity index (χ1n) is 6.36. The molecule has 0 aliphatic heterocycles. The number of nitrogens with zero attached hydrogens (tertiary/aromatic N) is 3. The van der Waals surface area contributed by atoms with Crippen molar-refractivity contribution in [3.05, 3.63) is 23.9 Å². The molecular formula is C14H21N3. The fourth-order valence-electron chi connectivity index (χ4n) is 1.90. The molecule has 92 valence electrons. The fourth-order valence-corrected chi connectivity index (χ4v) is 1.90. The van der Waals surface area contributed by atoms with E-state index in [0.29, 0.717) is 11.5 Å². The molecule has 0 spiro atoms. The van der Waals surface area contributed by atoms with Gasteiger partial charge in [0.25, 0.3) is 0 Å². The van der Waals surface area contributed by atoms with Gasteiger partial charge in [-0.2, -0.15) is 5.26 Å². The highest BCUT2D eigenvalue weighted by molar-refractivity contribution is 5.44. The Hall–Kier alpha value is -1.56. The van der Waals surface area contributed by atoms with Crippen LogP contribution in [0.2, 0.25) is 0 Å². The SMILES string of the molecule is CCC(CC)CN(CC)c1cc(C#N)ccn1. The molecule has 0 saturated heterocycles. The molecule has 3 nitrogen and oxygen atoms in total. The predicted molar refractivity (Wildman–Crippen MR) is 70.9 cm³/mol. The molecule has 0 atom stereocenters.